The maximum Gasteiger partial charge on any atom is 0.243 e. The number of nitrogens with one attached hydrogen (secondary N) is 2. The largest absolute Gasteiger partial charge is 0.392 e. The summed E-state index contributed by atoms with van der Waals surface area (Å²) in [5.41, 5.74) is 5.59. The van der Waals surface area contributed by atoms with Crippen LogP contribution in [0.25, 0.3) is 10.9 Å². The summed E-state index contributed by atoms with van der Waals surface area (Å²) in [5, 5.41) is 13.3. The van der Waals surface area contributed by atoms with Crippen LogP contribution >= 0.6 is 11.8 Å². The molecule has 1 aliphatic heterocycles. The Hall–Kier alpha value is -4.88. The number of nitrogens with zero attached hydrogens (tertiary/aromatic N) is 1. The average Bonchev–Trinajstić information content (AvgIpc) is 3.19. The van der Waals surface area contributed by atoms with Crippen molar-refractivity contribution in [3.8, 4) is 0 Å². The van der Waals surface area contributed by atoms with Crippen LogP contribution in [0.5, 0.6) is 0 Å². The molecule has 3 N–H and O–H groups in total. The molecule has 1 aromatic heterocycles. The summed E-state index contributed by atoms with van der Waals surface area (Å²) in [6.45, 7) is 1.52. The van der Waals surface area contributed by atoms with E-state index in [9.17, 15) is 18.3 Å². The molecule has 1 saturated heterocycles. The van der Waals surface area contributed by atoms with Crippen molar-refractivity contribution in [1.82, 2.24) is 9.71 Å². The lowest BCUT2D eigenvalue weighted by molar-refractivity contribution is -0.255. The Morgan fingerprint density at radius 1 is 0.774 bits per heavy atom. The lowest BCUT2D eigenvalue weighted by Crippen LogP contribution is -2.38. The number of fused-ring (bicyclic) bond motifs is 1. The number of thioether (sulfide) groups is 1. The Kier molecular flexibility index (Phi) is 11.3. The van der Waals surface area contributed by atoms with Crippen molar-refractivity contribution in [3.05, 3.63) is 167 Å². The fourth-order valence-corrected chi connectivity index (χ4v) is 8.68. The molecule has 11 heteroatoms. The molecule has 4 atom stereocenters. The molecule has 1 aliphatic rings. The molecular weight excluding hydrogens is 707 g/mol. The first-order valence-electron chi connectivity index (χ1n) is 17.3. The summed E-state index contributed by atoms with van der Waals surface area (Å²) in [4.78, 5) is 17.0. The highest BCUT2D eigenvalue weighted by atomic mass is 32.2. The van der Waals surface area contributed by atoms with E-state index >= 15 is 0 Å². The molecule has 0 spiro atoms. The molecule has 53 heavy (non-hydrogen) atoms. The van der Waals surface area contributed by atoms with Crippen molar-refractivity contribution in [2.75, 3.05) is 11.1 Å². The third-order valence-electron chi connectivity index (χ3n) is 9.16. The standard InChI is InChI=1S/C42H39N3O6S2/c1-28(47)45-35-20-22-36(23-21-35)52-27-37-39(31-7-3-2-4-8-31)41(33-16-14-30(26-46)15-17-33)51-42(50-37)34-18-12-29(13-19-34)25-44-53(48,49)38-11-5-9-32-10-6-24-43-40(32)38/h2-24,37,39,41-42,44,46H,25-27H2,1H3,(H,45,47). The third kappa shape index (κ3) is 8.68. The van der Waals surface area contributed by atoms with Gasteiger partial charge < -0.3 is 19.9 Å². The maximum absolute atomic E-state index is 13.3. The molecule has 0 aliphatic carbocycles. The van der Waals surface area contributed by atoms with E-state index in [0.29, 0.717) is 11.3 Å². The van der Waals surface area contributed by atoms with E-state index < -0.39 is 16.3 Å². The molecule has 1 amide bonds. The van der Waals surface area contributed by atoms with Crippen LogP contribution < -0.4 is 10.0 Å². The van der Waals surface area contributed by atoms with E-state index in [1.807, 2.05) is 103 Å². The van der Waals surface area contributed by atoms with E-state index in [4.69, 9.17) is 9.47 Å². The Labute approximate surface area is 313 Å². The molecule has 9 nitrogen and oxygen atoms in total. The zero-order valence-corrected chi connectivity index (χ0v) is 30.6. The quantitative estimate of drug-likeness (QED) is 0.108. The fourth-order valence-electron chi connectivity index (χ4n) is 6.51. The molecule has 0 saturated carbocycles. The number of hydrogen-bond acceptors (Lipinski definition) is 8. The smallest absolute Gasteiger partial charge is 0.243 e. The van der Waals surface area contributed by atoms with Crippen molar-refractivity contribution in [2.45, 2.75) is 54.3 Å². The van der Waals surface area contributed by atoms with E-state index in [0.717, 1.165) is 43.8 Å². The summed E-state index contributed by atoms with van der Waals surface area (Å²) in [7, 11) is -3.83. The number of ether oxygens (including phenoxy) is 2. The highest BCUT2D eigenvalue weighted by molar-refractivity contribution is 7.99. The first-order chi connectivity index (χ1) is 25.8. The van der Waals surface area contributed by atoms with E-state index in [1.165, 1.54) is 6.92 Å². The minimum atomic E-state index is -3.83. The first-order valence-corrected chi connectivity index (χ1v) is 19.7. The van der Waals surface area contributed by atoms with Crippen molar-refractivity contribution in [2.24, 2.45) is 0 Å². The highest BCUT2D eigenvalue weighted by Crippen LogP contribution is 2.48. The van der Waals surface area contributed by atoms with Crippen LogP contribution in [0.1, 0.15) is 53.1 Å². The van der Waals surface area contributed by atoms with Gasteiger partial charge in [0.15, 0.2) is 6.29 Å². The number of pyridine rings is 1. The number of para-hydroxylation sites is 1. The first kappa shape index (κ1) is 36.5. The number of aliphatic hydroxyl groups is 1. The molecule has 4 unspecified atom stereocenters. The van der Waals surface area contributed by atoms with Gasteiger partial charge in [-0.15, -0.1) is 11.8 Å². The van der Waals surface area contributed by atoms with Gasteiger partial charge in [0.1, 0.15) is 4.90 Å². The molecule has 270 valence electrons. The Balaban J connectivity index is 1.14. The van der Waals surface area contributed by atoms with Gasteiger partial charge in [0.2, 0.25) is 15.9 Å². The van der Waals surface area contributed by atoms with Crippen molar-refractivity contribution in [3.63, 3.8) is 0 Å². The van der Waals surface area contributed by atoms with Gasteiger partial charge in [-0.25, -0.2) is 13.1 Å². The fraction of sp³-hybridized carbons (Fsp3) is 0.190. The van der Waals surface area contributed by atoms with Gasteiger partial charge in [-0.3, -0.25) is 9.78 Å². The number of hydrogen-bond donors (Lipinski definition) is 3. The van der Waals surface area contributed by atoms with Gasteiger partial charge in [0.05, 0.1) is 24.3 Å². The number of aliphatic hydroxyl groups excluding tert-OH is 1. The third-order valence-corrected chi connectivity index (χ3v) is 11.7. The second kappa shape index (κ2) is 16.4. The van der Waals surface area contributed by atoms with Crippen LogP contribution in [0.15, 0.2) is 149 Å². The average molecular weight is 746 g/mol. The van der Waals surface area contributed by atoms with Gasteiger partial charge in [-0.2, -0.15) is 0 Å². The van der Waals surface area contributed by atoms with Crippen molar-refractivity contribution >= 4 is 44.3 Å². The molecular formula is C42H39N3O6S2. The lowest BCUT2D eigenvalue weighted by atomic mass is 9.84. The molecule has 7 rings (SSSR count). The van der Waals surface area contributed by atoms with Gasteiger partial charge in [-0.1, -0.05) is 97.1 Å². The molecule has 5 aromatic carbocycles. The highest BCUT2D eigenvalue weighted by Gasteiger charge is 2.42. The van der Waals surface area contributed by atoms with Crippen LogP contribution in [0.3, 0.4) is 0 Å². The molecule has 6 aromatic rings. The minimum absolute atomic E-state index is 0.0546. The maximum atomic E-state index is 13.3. The Morgan fingerprint density at radius 3 is 2.19 bits per heavy atom. The van der Waals surface area contributed by atoms with E-state index in [1.54, 1.807) is 36.2 Å². The molecule has 2 heterocycles. The number of sulfonamides is 1. The second-order valence-corrected chi connectivity index (χ2v) is 15.6. The number of amides is 1. The number of carbonyl (C=O) groups excluding carboxylic acids is 1. The van der Waals surface area contributed by atoms with Crippen LogP contribution in [-0.4, -0.2) is 36.3 Å². The topological polar surface area (TPSA) is 127 Å². The van der Waals surface area contributed by atoms with E-state index in [2.05, 4.69) is 27.2 Å². The van der Waals surface area contributed by atoms with Gasteiger partial charge in [-0.05, 0) is 58.7 Å². The number of rotatable bonds is 12. The zero-order chi connectivity index (χ0) is 36.8. The molecule has 1 fully saturated rings. The van der Waals surface area contributed by atoms with Gasteiger partial charge >= 0.3 is 0 Å². The predicted octanol–water partition coefficient (Wildman–Crippen LogP) is 7.90. The monoisotopic (exact) mass is 745 g/mol. The summed E-state index contributed by atoms with van der Waals surface area (Å²) in [5.74, 6) is 0.340. The summed E-state index contributed by atoms with van der Waals surface area (Å²) in [6, 6.07) is 42.1. The summed E-state index contributed by atoms with van der Waals surface area (Å²) < 4.78 is 43.0. The van der Waals surface area contributed by atoms with Crippen molar-refractivity contribution in [1.29, 1.82) is 0 Å². The molecule has 0 bridgehead atoms. The number of anilines is 1. The van der Waals surface area contributed by atoms with Crippen LogP contribution in [0.2, 0.25) is 0 Å². The van der Waals surface area contributed by atoms with Gasteiger partial charge in [0.25, 0.3) is 0 Å². The zero-order valence-electron chi connectivity index (χ0n) is 29.0. The molecule has 0 radical (unpaired) electrons. The van der Waals surface area contributed by atoms with Crippen LogP contribution in [0, 0.1) is 0 Å². The minimum Gasteiger partial charge on any atom is -0.392 e. The number of benzene rings is 5. The summed E-state index contributed by atoms with van der Waals surface area (Å²) in [6.07, 6.45) is 0.219. The van der Waals surface area contributed by atoms with Crippen LogP contribution in [0.4, 0.5) is 5.69 Å². The Bertz CT molecular complexity index is 2260. The Morgan fingerprint density at radius 2 is 1.47 bits per heavy atom. The predicted molar refractivity (Wildman–Crippen MR) is 207 cm³/mol. The number of carbonyl (C=O) groups is 1. The number of aromatic nitrogens is 1. The normalized spacial score (nSPS) is 18.8. The second-order valence-electron chi connectivity index (χ2n) is 12.8. The van der Waals surface area contributed by atoms with Crippen LogP contribution in [-0.2, 0) is 37.4 Å². The van der Waals surface area contributed by atoms with E-state index in [-0.39, 0.29) is 42.1 Å². The summed E-state index contributed by atoms with van der Waals surface area (Å²) >= 11 is 1.67. The van der Waals surface area contributed by atoms with Crippen molar-refractivity contribution < 1.29 is 27.8 Å². The lowest BCUT2D eigenvalue weighted by Gasteiger charge is -2.43. The van der Waals surface area contributed by atoms with Gasteiger partial charge in [0, 0.05) is 52.9 Å². The SMILES string of the molecule is CC(=O)Nc1ccc(SCC2OC(c3ccc(CNS(=O)(=O)c4cccc5cccnc45)cc3)OC(c3ccc(CO)cc3)C2c2ccccc2)cc1.